The fourth-order valence-corrected chi connectivity index (χ4v) is 5.63. The van der Waals surface area contributed by atoms with Crippen LogP contribution in [0.15, 0.2) is 42.6 Å². The Labute approximate surface area is 179 Å². The number of anilines is 2. The SMILES string of the molecule is NC(C(=O)N1CCCC1c1ccnc(N2CCc3ccccc32)c1)C1CCCCC1. The second-order valence-electron chi connectivity index (χ2n) is 9.09. The first kappa shape index (κ1) is 19.6. The van der Waals surface area contributed by atoms with Crippen molar-refractivity contribution in [2.24, 2.45) is 11.7 Å². The molecule has 5 rings (SSSR count). The highest BCUT2D eigenvalue weighted by atomic mass is 16.2. The minimum absolute atomic E-state index is 0.117. The molecule has 158 valence electrons. The summed E-state index contributed by atoms with van der Waals surface area (Å²) in [4.78, 5) is 22.3. The van der Waals surface area contributed by atoms with E-state index < -0.39 is 0 Å². The average Bonchev–Trinajstić information content (AvgIpc) is 3.46. The zero-order valence-electron chi connectivity index (χ0n) is 17.7. The quantitative estimate of drug-likeness (QED) is 0.823. The van der Waals surface area contributed by atoms with Crippen LogP contribution in [-0.4, -0.2) is 34.9 Å². The lowest BCUT2D eigenvalue weighted by Crippen LogP contribution is -2.48. The van der Waals surface area contributed by atoms with Crippen LogP contribution in [0.25, 0.3) is 0 Å². The van der Waals surface area contributed by atoms with Crippen molar-refractivity contribution in [3.8, 4) is 0 Å². The third-order valence-corrected chi connectivity index (χ3v) is 7.30. The number of pyridine rings is 1. The second kappa shape index (κ2) is 8.38. The number of likely N-dealkylation sites (tertiary alicyclic amines) is 1. The first-order valence-electron chi connectivity index (χ1n) is 11.6. The topological polar surface area (TPSA) is 62.5 Å². The molecule has 2 fully saturated rings. The summed E-state index contributed by atoms with van der Waals surface area (Å²) in [6.45, 7) is 1.77. The highest BCUT2D eigenvalue weighted by Crippen LogP contribution is 2.38. The van der Waals surface area contributed by atoms with E-state index in [0.29, 0.717) is 5.92 Å². The van der Waals surface area contributed by atoms with Gasteiger partial charge in [0.25, 0.3) is 0 Å². The van der Waals surface area contributed by atoms with E-state index in [0.717, 1.165) is 51.0 Å². The van der Waals surface area contributed by atoms with Gasteiger partial charge in [-0.05, 0) is 67.3 Å². The maximum Gasteiger partial charge on any atom is 0.240 e. The van der Waals surface area contributed by atoms with Gasteiger partial charge in [0.05, 0.1) is 12.1 Å². The Morgan fingerprint density at radius 2 is 1.87 bits per heavy atom. The van der Waals surface area contributed by atoms with Crippen LogP contribution in [-0.2, 0) is 11.2 Å². The molecule has 5 heteroatoms. The summed E-state index contributed by atoms with van der Waals surface area (Å²) >= 11 is 0. The predicted octanol–water partition coefficient (Wildman–Crippen LogP) is 4.35. The number of para-hydroxylation sites is 1. The Hall–Kier alpha value is -2.40. The van der Waals surface area contributed by atoms with Gasteiger partial charge in [0.15, 0.2) is 0 Å². The van der Waals surface area contributed by atoms with Crippen molar-refractivity contribution in [2.45, 2.75) is 63.5 Å². The molecule has 3 aliphatic rings. The van der Waals surface area contributed by atoms with E-state index in [1.54, 1.807) is 0 Å². The van der Waals surface area contributed by atoms with Crippen molar-refractivity contribution in [3.63, 3.8) is 0 Å². The molecule has 1 amide bonds. The number of nitrogens with two attached hydrogens (primary N) is 1. The summed E-state index contributed by atoms with van der Waals surface area (Å²) in [6.07, 6.45) is 10.9. The van der Waals surface area contributed by atoms with Gasteiger partial charge in [-0.2, -0.15) is 0 Å². The molecule has 1 saturated carbocycles. The third-order valence-electron chi connectivity index (χ3n) is 7.30. The Morgan fingerprint density at radius 3 is 2.73 bits per heavy atom. The van der Waals surface area contributed by atoms with E-state index in [9.17, 15) is 4.79 Å². The largest absolute Gasteiger partial charge is 0.334 e. The lowest BCUT2D eigenvalue weighted by molar-refractivity contribution is -0.135. The van der Waals surface area contributed by atoms with E-state index in [-0.39, 0.29) is 18.0 Å². The average molecular weight is 405 g/mol. The minimum Gasteiger partial charge on any atom is -0.334 e. The number of hydrogen-bond acceptors (Lipinski definition) is 4. The van der Waals surface area contributed by atoms with Crippen molar-refractivity contribution in [2.75, 3.05) is 18.0 Å². The fourth-order valence-electron chi connectivity index (χ4n) is 5.63. The van der Waals surface area contributed by atoms with Gasteiger partial charge in [-0.3, -0.25) is 4.79 Å². The van der Waals surface area contributed by atoms with Crippen LogP contribution < -0.4 is 10.6 Å². The van der Waals surface area contributed by atoms with Crippen LogP contribution >= 0.6 is 0 Å². The molecule has 2 aliphatic heterocycles. The van der Waals surface area contributed by atoms with Gasteiger partial charge in [-0.25, -0.2) is 4.98 Å². The summed E-state index contributed by atoms with van der Waals surface area (Å²) in [6, 6.07) is 12.6. The van der Waals surface area contributed by atoms with Gasteiger partial charge < -0.3 is 15.5 Å². The molecule has 30 heavy (non-hydrogen) atoms. The summed E-state index contributed by atoms with van der Waals surface area (Å²) in [5, 5.41) is 0. The molecular formula is C25H32N4O. The number of hydrogen-bond donors (Lipinski definition) is 1. The molecule has 5 nitrogen and oxygen atoms in total. The molecule has 1 saturated heterocycles. The van der Waals surface area contributed by atoms with Crippen LogP contribution in [0.3, 0.4) is 0 Å². The maximum atomic E-state index is 13.3. The summed E-state index contributed by atoms with van der Waals surface area (Å²) in [7, 11) is 0. The number of benzene rings is 1. The molecule has 2 atom stereocenters. The van der Waals surface area contributed by atoms with Crippen molar-refractivity contribution in [1.82, 2.24) is 9.88 Å². The van der Waals surface area contributed by atoms with E-state index in [1.165, 1.54) is 36.1 Å². The minimum atomic E-state index is -0.349. The van der Waals surface area contributed by atoms with E-state index >= 15 is 0 Å². The number of rotatable bonds is 4. The standard InChI is InChI=1S/C25H32N4O/c26-24(19-8-2-1-3-9-19)25(30)29-15-6-11-22(29)20-12-14-27-23(17-20)28-16-13-18-7-4-5-10-21(18)28/h4-5,7,10,12,14,17,19,22,24H,1-3,6,8-9,11,13,15-16,26H2. The van der Waals surface area contributed by atoms with Gasteiger partial charge in [0.1, 0.15) is 5.82 Å². The summed E-state index contributed by atoms with van der Waals surface area (Å²) in [5.41, 5.74) is 10.3. The molecule has 1 aromatic heterocycles. The number of carbonyl (C=O) groups excluding carboxylic acids is 1. The molecule has 2 unspecified atom stereocenters. The number of carbonyl (C=O) groups is 1. The normalized spacial score (nSPS) is 22.9. The Kier molecular flexibility index (Phi) is 5.47. The Balaban J connectivity index is 1.36. The van der Waals surface area contributed by atoms with Gasteiger partial charge in [-0.15, -0.1) is 0 Å². The second-order valence-corrected chi connectivity index (χ2v) is 9.09. The van der Waals surface area contributed by atoms with Gasteiger partial charge in [0.2, 0.25) is 5.91 Å². The lowest BCUT2D eigenvalue weighted by atomic mass is 9.83. The molecule has 0 spiro atoms. The number of amides is 1. The van der Waals surface area contributed by atoms with Crippen LogP contribution in [0.1, 0.15) is 62.1 Å². The molecule has 2 N–H and O–H groups in total. The first-order chi connectivity index (χ1) is 14.7. The molecule has 2 aromatic rings. The highest BCUT2D eigenvalue weighted by Gasteiger charge is 2.36. The highest BCUT2D eigenvalue weighted by molar-refractivity contribution is 5.83. The Morgan fingerprint density at radius 1 is 1.03 bits per heavy atom. The monoisotopic (exact) mass is 404 g/mol. The van der Waals surface area contributed by atoms with Crippen molar-refractivity contribution in [3.05, 3.63) is 53.7 Å². The zero-order valence-corrected chi connectivity index (χ0v) is 17.7. The van der Waals surface area contributed by atoms with Crippen molar-refractivity contribution < 1.29 is 4.79 Å². The van der Waals surface area contributed by atoms with Gasteiger partial charge in [0, 0.05) is 25.0 Å². The lowest BCUT2D eigenvalue weighted by Gasteiger charge is -2.33. The zero-order chi connectivity index (χ0) is 20.5. The molecule has 3 heterocycles. The summed E-state index contributed by atoms with van der Waals surface area (Å²) < 4.78 is 0. The smallest absolute Gasteiger partial charge is 0.240 e. The maximum absolute atomic E-state index is 13.3. The van der Waals surface area contributed by atoms with Crippen molar-refractivity contribution >= 4 is 17.4 Å². The third kappa shape index (κ3) is 3.60. The number of aromatic nitrogens is 1. The van der Waals surface area contributed by atoms with E-state index in [2.05, 4.69) is 51.2 Å². The van der Waals surface area contributed by atoms with Gasteiger partial charge in [-0.1, -0.05) is 37.5 Å². The molecule has 0 radical (unpaired) electrons. The van der Waals surface area contributed by atoms with Crippen LogP contribution in [0.2, 0.25) is 0 Å². The summed E-state index contributed by atoms with van der Waals surface area (Å²) in [5.74, 6) is 1.48. The molecule has 1 aliphatic carbocycles. The fraction of sp³-hybridized carbons (Fsp3) is 0.520. The van der Waals surface area contributed by atoms with Crippen LogP contribution in [0, 0.1) is 5.92 Å². The predicted molar refractivity (Wildman–Crippen MR) is 120 cm³/mol. The first-order valence-corrected chi connectivity index (χ1v) is 11.6. The number of nitrogens with zero attached hydrogens (tertiary/aromatic N) is 3. The molecular weight excluding hydrogens is 372 g/mol. The van der Waals surface area contributed by atoms with Crippen molar-refractivity contribution in [1.29, 1.82) is 0 Å². The van der Waals surface area contributed by atoms with Gasteiger partial charge >= 0.3 is 0 Å². The van der Waals surface area contributed by atoms with Crippen LogP contribution in [0.4, 0.5) is 11.5 Å². The number of fused-ring (bicyclic) bond motifs is 1. The van der Waals surface area contributed by atoms with E-state index in [1.807, 2.05) is 6.20 Å². The molecule has 0 bridgehead atoms. The van der Waals surface area contributed by atoms with E-state index in [4.69, 9.17) is 5.73 Å². The molecule has 1 aromatic carbocycles. The van der Waals surface area contributed by atoms with Crippen LogP contribution in [0.5, 0.6) is 0 Å². The Bertz CT molecular complexity index is 908.